The minimum absolute atomic E-state index is 0.354. The van der Waals surface area contributed by atoms with E-state index in [9.17, 15) is 5.11 Å². The maximum Gasteiger partial charge on any atom is 0.0922 e. The summed E-state index contributed by atoms with van der Waals surface area (Å²) in [4.78, 5) is 2.46. The van der Waals surface area contributed by atoms with Crippen LogP contribution in [-0.4, -0.2) is 29.1 Å². The second-order valence-corrected chi connectivity index (χ2v) is 6.05. The quantitative estimate of drug-likeness (QED) is 0.847. The van der Waals surface area contributed by atoms with Gasteiger partial charge >= 0.3 is 0 Å². The molecule has 0 aliphatic heterocycles. The van der Waals surface area contributed by atoms with Crippen molar-refractivity contribution in [1.82, 2.24) is 4.90 Å². The van der Waals surface area contributed by atoms with Gasteiger partial charge in [-0.15, -0.1) is 0 Å². The third kappa shape index (κ3) is 3.58. The molecule has 106 valence electrons. The highest BCUT2D eigenvalue weighted by Crippen LogP contribution is 2.30. The molecule has 1 unspecified atom stereocenters. The smallest absolute Gasteiger partial charge is 0.0922 e. The molecule has 2 nitrogen and oxygen atoms in total. The largest absolute Gasteiger partial charge is 0.387 e. The zero-order valence-corrected chi connectivity index (χ0v) is 12.7. The van der Waals surface area contributed by atoms with E-state index in [0.717, 1.165) is 31.1 Å². The molecule has 1 atom stereocenters. The summed E-state index contributed by atoms with van der Waals surface area (Å²) >= 11 is 0. The van der Waals surface area contributed by atoms with Crippen molar-refractivity contribution in [2.75, 3.05) is 13.1 Å². The molecule has 0 amide bonds. The van der Waals surface area contributed by atoms with Gasteiger partial charge in [0.05, 0.1) is 6.10 Å². The van der Waals surface area contributed by atoms with Gasteiger partial charge in [0.25, 0.3) is 0 Å². The fourth-order valence-corrected chi connectivity index (χ4v) is 3.18. The molecule has 0 saturated heterocycles. The highest BCUT2D eigenvalue weighted by Gasteiger charge is 2.30. The molecule has 0 aromatic heterocycles. The van der Waals surface area contributed by atoms with Crippen LogP contribution in [0.5, 0.6) is 0 Å². The summed E-state index contributed by atoms with van der Waals surface area (Å²) in [6.45, 7) is 10.4. The molecule has 1 aliphatic carbocycles. The first kappa shape index (κ1) is 14.5. The van der Waals surface area contributed by atoms with Gasteiger partial charge in [-0.1, -0.05) is 24.6 Å². The number of aliphatic hydroxyl groups is 1. The van der Waals surface area contributed by atoms with Crippen LogP contribution in [0.15, 0.2) is 12.1 Å². The van der Waals surface area contributed by atoms with E-state index in [-0.39, 0.29) is 6.10 Å². The van der Waals surface area contributed by atoms with E-state index in [0.29, 0.717) is 0 Å². The number of hydrogen-bond acceptors (Lipinski definition) is 2. The molecule has 1 aromatic rings. The van der Waals surface area contributed by atoms with Crippen LogP contribution in [0.25, 0.3) is 0 Å². The minimum atomic E-state index is -0.354. The Morgan fingerprint density at radius 2 is 1.79 bits per heavy atom. The van der Waals surface area contributed by atoms with Crippen molar-refractivity contribution in [3.8, 4) is 0 Å². The predicted molar refractivity (Wildman–Crippen MR) is 80.5 cm³/mol. The van der Waals surface area contributed by atoms with Crippen molar-refractivity contribution < 1.29 is 5.11 Å². The van der Waals surface area contributed by atoms with Crippen molar-refractivity contribution >= 4 is 0 Å². The SMILES string of the molecule is CCCN(CC(O)c1c(C)cc(C)cc1C)C1CC1. The Hall–Kier alpha value is -0.860. The van der Waals surface area contributed by atoms with Gasteiger partial charge in [-0.05, 0) is 63.3 Å². The summed E-state index contributed by atoms with van der Waals surface area (Å²) in [7, 11) is 0. The van der Waals surface area contributed by atoms with Crippen LogP contribution in [0, 0.1) is 20.8 Å². The normalized spacial score (nSPS) is 16.9. The van der Waals surface area contributed by atoms with E-state index in [1.807, 2.05) is 0 Å². The first-order valence-electron chi connectivity index (χ1n) is 7.52. The van der Waals surface area contributed by atoms with Crippen molar-refractivity contribution in [1.29, 1.82) is 0 Å². The van der Waals surface area contributed by atoms with E-state index in [2.05, 4.69) is 44.7 Å². The zero-order chi connectivity index (χ0) is 14.0. The second kappa shape index (κ2) is 6.06. The Labute approximate surface area is 117 Å². The van der Waals surface area contributed by atoms with E-state index in [1.165, 1.54) is 29.5 Å². The summed E-state index contributed by atoms with van der Waals surface area (Å²) in [5.41, 5.74) is 4.85. The summed E-state index contributed by atoms with van der Waals surface area (Å²) in [5.74, 6) is 0. The van der Waals surface area contributed by atoms with Gasteiger partial charge in [-0.2, -0.15) is 0 Å². The fourth-order valence-electron chi connectivity index (χ4n) is 3.18. The van der Waals surface area contributed by atoms with Gasteiger partial charge in [-0.25, -0.2) is 0 Å². The van der Waals surface area contributed by atoms with E-state index in [1.54, 1.807) is 0 Å². The van der Waals surface area contributed by atoms with Crippen LogP contribution in [-0.2, 0) is 0 Å². The standard InChI is InChI=1S/C17H27NO/c1-5-8-18(15-6-7-15)11-16(19)17-13(3)9-12(2)10-14(17)4/h9-10,15-16,19H,5-8,11H2,1-4H3. The Morgan fingerprint density at radius 1 is 1.21 bits per heavy atom. The number of benzene rings is 1. The third-order valence-electron chi connectivity index (χ3n) is 4.05. The lowest BCUT2D eigenvalue weighted by Crippen LogP contribution is -2.32. The molecule has 0 radical (unpaired) electrons. The average molecular weight is 261 g/mol. The Morgan fingerprint density at radius 3 is 2.26 bits per heavy atom. The van der Waals surface area contributed by atoms with Crippen LogP contribution >= 0.6 is 0 Å². The zero-order valence-electron chi connectivity index (χ0n) is 12.7. The summed E-state index contributed by atoms with van der Waals surface area (Å²) in [6, 6.07) is 5.07. The van der Waals surface area contributed by atoms with Gasteiger partial charge in [0, 0.05) is 12.6 Å². The second-order valence-electron chi connectivity index (χ2n) is 6.05. The Balaban J connectivity index is 2.12. The molecule has 1 aromatic carbocycles. The van der Waals surface area contributed by atoms with Crippen LogP contribution in [0.1, 0.15) is 54.5 Å². The first-order valence-corrected chi connectivity index (χ1v) is 7.52. The summed E-state index contributed by atoms with van der Waals surface area (Å²) < 4.78 is 0. The number of rotatable bonds is 6. The van der Waals surface area contributed by atoms with Crippen LogP contribution in [0.3, 0.4) is 0 Å². The molecule has 0 spiro atoms. The minimum Gasteiger partial charge on any atom is -0.387 e. The predicted octanol–water partition coefficient (Wildman–Crippen LogP) is 3.52. The Kier molecular flexibility index (Phi) is 4.64. The average Bonchev–Trinajstić information content (AvgIpc) is 3.10. The topological polar surface area (TPSA) is 23.5 Å². The Bertz CT molecular complexity index is 414. The maximum atomic E-state index is 10.6. The number of nitrogens with zero attached hydrogens (tertiary/aromatic N) is 1. The molecule has 1 fully saturated rings. The molecule has 1 aliphatic rings. The van der Waals surface area contributed by atoms with E-state index < -0.39 is 0 Å². The fraction of sp³-hybridized carbons (Fsp3) is 0.647. The molecule has 2 rings (SSSR count). The first-order chi connectivity index (χ1) is 9.02. The van der Waals surface area contributed by atoms with Crippen molar-refractivity contribution in [3.63, 3.8) is 0 Å². The molecule has 1 saturated carbocycles. The van der Waals surface area contributed by atoms with Gasteiger partial charge in [-0.3, -0.25) is 4.90 Å². The van der Waals surface area contributed by atoms with Crippen LogP contribution < -0.4 is 0 Å². The molecule has 1 N–H and O–H groups in total. The molecule has 0 bridgehead atoms. The lowest BCUT2D eigenvalue weighted by molar-refractivity contribution is 0.107. The number of aliphatic hydroxyl groups excluding tert-OH is 1. The lowest BCUT2D eigenvalue weighted by atomic mass is 9.95. The van der Waals surface area contributed by atoms with Crippen molar-refractivity contribution in [2.45, 2.75) is 59.1 Å². The molecular formula is C17H27NO. The van der Waals surface area contributed by atoms with Gasteiger partial charge in [0.1, 0.15) is 0 Å². The molecular weight excluding hydrogens is 234 g/mol. The highest BCUT2D eigenvalue weighted by molar-refractivity contribution is 5.39. The number of aryl methyl sites for hydroxylation is 3. The van der Waals surface area contributed by atoms with Crippen LogP contribution in [0.4, 0.5) is 0 Å². The number of hydrogen-bond donors (Lipinski definition) is 1. The van der Waals surface area contributed by atoms with E-state index in [4.69, 9.17) is 0 Å². The molecule has 2 heteroatoms. The lowest BCUT2D eigenvalue weighted by Gasteiger charge is -2.26. The maximum absolute atomic E-state index is 10.6. The monoisotopic (exact) mass is 261 g/mol. The third-order valence-corrected chi connectivity index (χ3v) is 4.05. The van der Waals surface area contributed by atoms with Gasteiger partial charge in [0.2, 0.25) is 0 Å². The molecule has 19 heavy (non-hydrogen) atoms. The van der Waals surface area contributed by atoms with E-state index >= 15 is 0 Å². The summed E-state index contributed by atoms with van der Waals surface area (Å²) in [5, 5.41) is 10.6. The molecule has 0 heterocycles. The highest BCUT2D eigenvalue weighted by atomic mass is 16.3. The van der Waals surface area contributed by atoms with Crippen LogP contribution in [0.2, 0.25) is 0 Å². The summed E-state index contributed by atoms with van der Waals surface area (Å²) in [6.07, 6.45) is 3.42. The van der Waals surface area contributed by atoms with Gasteiger partial charge in [0.15, 0.2) is 0 Å². The van der Waals surface area contributed by atoms with Crippen molar-refractivity contribution in [3.05, 3.63) is 34.4 Å². The van der Waals surface area contributed by atoms with Crippen molar-refractivity contribution in [2.24, 2.45) is 0 Å². The van der Waals surface area contributed by atoms with Gasteiger partial charge < -0.3 is 5.11 Å².